The second kappa shape index (κ2) is 19.5. The van der Waals surface area contributed by atoms with Crippen LogP contribution >= 0.6 is 0 Å². The van der Waals surface area contributed by atoms with Crippen LogP contribution < -0.4 is 5.32 Å². The van der Waals surface area contributed by atoms with Crippen molar-refractivity contribution in [3.8, 4) is 0 Å². The summed E-state index contributed by atoms with van der Waals surface area (Å²) in [5, 5.41) is 2.04. The number of epoxide rings is 2. The minimum Gasteiger partial charge on any atom is -0.465 e. The van der Waals surface area contributed by atoms with Gasteiger partial charge in [0.1, 0.15) is 18.3 Å². The molecule has 0 radical (unpaired) electrons. The Morgan fingerprint density at radius 3 is 2.41 bits per heavy atom. The SMILES string of the molecule is CCCCCCCC(=O)OCC/C=C/[C@H]1O[C@@H]1[C@@H]1OC(=O)/C=C\C=C\C(=O)N(C(C)=O)C(=O)/C=C(/C)CC[C@@H]2O[C@H]2[C@H]1OC(=O)NC(C)=O. The van der Waals surface area contributed by atoms with Gasteiger partial charge in [0, 0.05) is 38.5 Å². The lowest BCUT2D eigenvalue weighted by Gasteiger charge is -2.24. The van der Waals surface area contributed by atoms with Gasteiger partial charge in [-0.3, -0.25) is 29.3 Å². The van der Waals surface area contributed by atoms with Crippen molar-refractivity contribution in [2.24, 2.45) is 0 Å². The quantitative estimate of drug-likeness (QED) is 0.0785. The molecule has 0 aromatic carbocycles. The van der Waals surface area contributed by atoms with Crippen molar-refractivity contribution in [1.82, 2.24) is 10.2 Å². The van der Waals surface area contributed by atoms with E-state index in [-0.39, 0.29) is 12.6 Å². The Bertz CT molecular complexity index is 1370. The molecule has 0 saturated carbocycles. The summed E-state index contributed by atoms with van der Waals surface area (Å²) in [7, 11) is 0. The van der Waals surface area contributed by atoms with Gasteiger partial charge >= 0.3 is 18.0 Å². The summed E-state index contributed by atoms with van der Waals surface area (Å²) in [6.45, 7) is 6.21. The summed E-state index contributed by atoms with van der Waals surface area (Å²) in [6.07, 6.45) is 9.73. The Balaban J connectivity index is 1.74. The second-order valence-electron chi connectivity index (χ2n) is 12.0. The number of fused-ring (bicyclic) bond motifs is 1. The number of cyclic esters (lactones) is 1. The van der Waals surface area contributed by atoms with E-state index < -0.39 is 72.3 Å². The largest absolute Gasteiger partial charge is 0.465 e. The first-order chi connectivity index (χ1) is 23.4. The molecule has 0 unspecified atom stereocenters. The number of rotatable bonds is 12. The van der Waals surface area contributed by atoms with Gasteiger partial charge in [-0.15, -0.1) is 0 Å². The molecule has 2 fully saturated rings. The maximum Gasteiger partial charge on any atom is 0.414 e. The number of nitrogens with zero attached hydrogens (tertiary/aromatic N) is 1. The fourth-order valence-corrected chi connectivity index (χ4v) is 5.24. The van der Waals surface area contributed by atoms with Crippen molar-refractivity contribution in [1.29, 1.82) is 0 Å². The lowest BCUT2D eigenvalue weighted by Crippen LogP contribution is -2.46. The number of ether oxygens (including phenoxy) is 5. The van der Waals surface area contributed by atoms with Gasteiger partial charge in [0.05, 0.1) is 12.7 Å². The molecule has 0 spiro atoms. The van der Waals surface area contributed by atoms with Crippen LogP contribution in [0.5, 0.6) is 0 Å². The molecule has 0 aliphatic carbocycles. The lowest BCUT2D eigenvalue weighted by molar-refractivity contribution is -0.152. The molecular formula is C35H46N2O12. The standard InChI is InChI=1S/C35H46N2O12/c1-5-6-7-8-9-16-29(42)45-20-13-12-14-25-31(46-25)33-34(49-35(44)36-23(3)38)32-26(47-32)19-18-22(2)21-28(41)37(24(4)39)27(40)15-10-11-17-30(43)48-33/h10-12,14-15,17,21,25-26,31-34H,5-9,13,16,18-20H2,1-4H3,(H,36,38,44)/b14-12+,15-10+,17-11-,22-21-/t25-,26+,31+,32-,33+,34-/m1/s1. The highest BCUT2D eigenvalue weighted by atomic mass is 16.7. The number of carbonyl (C=O) groups excluding carboxylic acids is 7. The van der Waals surface area contributed by atoms with Crippen molar-refractivity contribution in [3.05, 3.63) is 48.1 Å². The smallest absolute Gasteiger partial charge is 0.414 e. The number of amides is 5. The first kappa shape index (κ1) is 39.0. The van der Waals surface area contributed by atoms with E-state index in [1.807, 2.05) is 5.32 Å². The van der Waals surface area contributed by atoms with Crippen LogP contribution in [-0.2, 0) is 52.5 Å². The Hall–Kier alpha value is -4.43. The molecule has 3 heterocycles. The number of esters is 2. The third-order valence-corrected chi connectivity index (χ3v) is 7.82. The average Bonchev–Trinajstić information content (AvgIpc) is 3.95. The van der Waals surface area contributed by atoms with E-state index in [4.69, 9.17) is 23.7 Å². The van der Waals surface area contributed by atoms with Crippen molar-refractivity contribution >= 4 is 41.7 Å². The summed E-state index contributed by atoms with van der Waals surface area (Å²) in [5.41, 5.74) is 0.564. The number of hydrogen-bond acceptors (Lipinski definition) is 12. The zero-order chi connectivity index (χ0) is 35.9. The first-order valence-corrected chi connectivity index (χ1v) is 16.6. The van der Waals surface area contributed by atoms with Crippen LogP contribution in [0, 0.1) is 0 Å². The number of imide groups is 4. The normalized spacial score (nSPS) is 28.3. The number of unbranched alkanes of at least 4 members (excludes halogenated alkanes) is 4. The molecule has 2 saturated heterocycles. The molecule has 3 aliphatic heterocycles. The summed E-state index contributed by atoms with van der Waals surface area (Å²) in [5.74, 6) is -4.27. The van der Waals surface area contributed by atoms with E-state index in [1.54, 1.807) is 19.1 Å². The third kappa shape index (κ3) is 13.5. The van der Waals surface area contributed by atoms with Gasteiger partial charge in [-0.25, -0.2) is 14.5 Å². The van der Waals surface area contributed by atoms with Crippen LogP contribution in [0.15, 0.2) is 48.1 Å². The summed E-state index contributed by atoms with van der Waals surface area (Å²) in [4.78, 5) is 86.8. The molecule has 14 nitrogen and oxygen atoms in total. The minimum atomic E-state index is -1.18. The Morgan fingerprint density at radius 2 is 1.69 bits per heavy atom. The fraction of sp³-hybridized carbons (Fsp3) is 0.571. The highest BCUT2D eigenvalue weighted by Crippen LogP contribution is 2.39. The van der Waals surface area contributed by atoms with E-state index in [2.05, 4.69) is 6.92 Å². The third-order valence-electron chi connectivity index (χ3n) is 7.82. The van der Waals surface area contributed by atoms with Gasteiger partial charge in [-0.1, -0.05) is 62.5 Å². The molecule has 268 valence electrons. The van der Waals surface area contributed by atoms with E-state index in [9.17, 15) is 33.6 Å². The van der Waals surface area contributed by atoms with Gasteiger partial charge in [0.2, 0.25) is 11.8 Å². The second-order valence-corrected chi connectivity index (χ2v) is 12.0. The number of alkyl carbamates (subject to hydrolysis) is 1. The summed E-state index contributed by atoms with van der Waals surface area (Å²) >= 11 is 0. The van der Waals surface area contributed by atoms with Gasteiger partial charge in [0.15, 0.2) is 12.2 Å². The Labute approximate surface area is 285 Å². The number of allylic oxidation sites excluding steroid dienone is 3. The van der Waals surface area contributed by atoms with E-state index >= 15 is 0 Å². The van der Waals surface area contributed by atoms with Gasteiger partial charge < -0.3 is 23.7 Å². The van der Waals surface area contributed by atoms with Gasteiger partial charge in [0.25, 0.3) is 11.8 Å². The van der Waals surface area contributed by atoms with Crippen LogP contribution in [0.1, 0.15) is 85.5 Å². The molecule has 0 aromatic heterocycles. The van der Waals surface area contributed by atoms with E-state index in [1.165, 1.54) is 18.2 Å². The first-order valence-electron chi connectivity index (χ1n) is 16.6. The number of hydrogen-bond donors (Lipinski definition) is 1. The van der Waals surface area contributed by atoms with Crippen LogP contribution in [0.2, 0.25) is 0 Å². The highest BCUT2D eigenvalue weighted by molar-refractivity contribution is 6.16. The molecule has 0 aromatic rings. The predicted octanol–water partition coefficient (Wildman–Crippen LogP) is 3.68. The van der Waals surface area contributed by atoms with Crippen LogP contribution in [0.25, 0.3) is 0 Å². The Kier molecular flexibility index (Phi) is 15.6. The van der Waals surface area contributed by atoms with Crippen molar-refractivity contribution in [2.75, 3.05) is 6.61 Å². The molecule has 49 heavy (non-hydrogen) atoms. The van der Waals surface area contributed by atoms with Crippen LogP contribution in [0.3, 0.4) is 0 Å². The molecule has 0 bridgehead atoms. The monoisotopic (exact) mass is 686 g/mol. The van der Waals surface area contributed by atoms with Crippen molar-refractivity contribution < 1.29 is 57.2 Å². The summed E-state index contributed by atoms with van der Waals surface area (Å²) < 4.78 is 28.2. The maximum atomic E-state index is 12.9. The van der Waals surface area contributed by atoms with Crippen molar-refractivity contribution in [2.45, 2.75) is 122 Å². The molecule has 3 rings (SSSR count). The van der Waals surface area contributed by atoms with Crippen LogP contribution in [0.4, 0.5) is 4.79 Å². The zero-order valence-corrected chi connectivity index (χ0v) is 28.4. The Morgan fingerprint density at radius 1 is 0.959 bits per heavy atom. The molecule has 1 N–H and O–H groups in total. The van der Waals surface area contributed by atoms with E-state index in [0.29, 0.717) is 36.2 Å². The molecular weight excluding hydrogens is 640 g/mol. The topological polar surface area (TPSA) is 188 Å². The molecule has 5 amide bonds. The van der Waals surface area contributed by atoms with Crippen LogP contribution in [-0.4, -0.2) is 89.8 Å². The van der Waals surface area contributed by atoms with E-state index in [0.717, 1.165) is 58.1 Å². The number of nitrogens with one attached hydrogen (secondary N) is 1. The molecule has 6 atom stereocenters. The molecule has 3 aliphatic rings. The van der Waals surface area contributed by atoms with Gasteiger partial charge in [-0.05, 0) is 32.6 Å². The maximum absolute atomic E-state index is 12.9. The van der Waals surface area contributed by atoms with Crippen molar-refractivity contribution in [3.63, 3.8) is 0 Å². The highest BCUT2D eigenvalue weighted by Gasteiger charge is 2.58. The molecule has 14 heteroatoms. The summed E-state index contributed by atoms with van der Waals surface area (Å²) in [6, 6.07) is 0. The minimum absolute atomic E-state index is 0.194. The predicted molar refractivity (Wildman–Crippen MR) is 173 cm³/mol. The van der Waals surface area contributed by atoms with Gasteiger partial charge in [-0.2, -0.15) is 0 Å². The fourth-order valence-electron chi connectivity index (χ4n) is 5.24. The lowest BCUT2D eigenvalue weighted by atomic mass is 10.00. The number of carbonyl (C=O) groups is 7. The average molecular weight is 687 g/mol. The zero-order valence-electron chi connectivity index (χ0n) is 28.4.